The lowest BCUT2D eigenvalue weighted by molar-refractivity contribution is -0.126. The average Bonchev–Trinajstić information content (AvgIpc) is 1.37. The summed E-state index contributed by atoms with van der Waals surface area (Å²) in [5.74, 6) is 0. The van der Waals surface area contributed by atoms with Crippen LogP contribution in [0.15, 0.2) is 0 Å². The number of hydrogen-bond acceptors (Lipinski definition) is 2. The van der Waals surface area contributed by atoms with E-state index in [1.54, 1.807) is 0 Å². The summed E-state index contributed by atoms with van der Waals surface area (Å²) in [6.07, 6.45) is 0. The van der Waals surface area contributed by atoms with Gasteiger partial charge in [0.05, 0.1) is 7.11 Å². The Balaban J connectivity index is 2.30. The zero-order valence-corrected chi connectivity index (χ0v) is 2.39. The Morgan fingerprint density at radius 1 is 2.00 bits per heavy atom. The molecule has 0 fully saturated rings. The fraction of sp³-hybridized carbons (Fsp3) is 0.500. The summed E-state index contributed by atoms with van der Waals surface area (Å²) in [6, 6.07) is 0. The lowest BCUT2D eigenvalue weighted by Crippen LogP contribution is -1.68. The van der Waals surface area contributed by atoms with Crippen LogP contribution in [0.3, 0.4) is 0 Å². The van der Waals surface area contributed by atoms with Gasteiger partial charge in [-0.2, -0.15) is 0 Å². The van der Waals surface area contributed by atoms with Crippen molar-refractivity contribution < 1.29 is 9.53 Å². The van der Waals surface area contributed by atoms with Gasteiger partial charge in [0.25, 0.3) is 6.47 Å². The highest BCUT2D eigenvalue weighted by Gasteiger charge is 1.44. The predicted octanol–water partition coefficient (Wildman–Crippen LogP) is -0.211. The Hall–Kier alpha value is -0.530. The van der Waals surface area contributed by atoms with Gasteiger partial charge in [0, 0.05) is 0 Å². The molecule has 0 aromatic rings. The monoisotopic (exact) mass is 61.0 g/mol. The summed E-state index contributed by atoms with van der Waals surface area (Å²) in [5.41, 5.74) is 0. The number of methoxy groups -OCH3 is 1. The molecule has 24 valence electrons. The van der Waals surface area contributed by atoms with Gasteiger partial charge in [0.15, 0.2) is 0 Å². The number of carbonyl (C=O) groups excluding carboxylic acids is 1. The number of carbonyl (C=O) groups is 1. The molecule has 0 N–H and O–H groups in total. The first-order valence-corrected chi connectivity index (χ1v) is 0.880. The van der Waals surface area contributed by atoms with Gasteiger partial charge in [0.2, 0.25) is 0 Å². The fourth-order valence-corrected chi connectivity index (χ4v) is 0. The molecular weight excluding hydrogens is 57.0 g/mol. The molecule has 0 unspecified atom stereocenters. The second-order valence-electron chi connectivity index (χ2n) is 0.332. The van der Waals surface area contributed by atoms with Crippen molar-refractivity contribution in [3.63, 3.8) is 0 Å². The number of rotatable bonds is 1. The Morgan fingerprint density at radius 2 is 2.25 bits per heavy atom. The van der Waals surface area contributed by atoms with Crippen molar-refractivity contribution in [2.45, 2.75) is 0 Å². The van der Waals surface area contributed by atoms with E-state index in [9.17, 15) is 0 Å². The molecule has 0 aromatic heterocycles. The van der Waals surface area contributed by atoms with Crippen molar-refractivity contribution in [1.29, 1.82) is 0 Å². The molecule has 0 saturated carbocycles. The summed E-state index contributed by atoms with van der Waals surface area (Å²) in [6.45, 7) is 0.375. The van der Waals surface area contributed by atoms with E-state index in [0.29, 0.717) is 6.47 Å². The zero-order chi connectivity index (χ0) is 3.41. The van der Waals surface area contributed by atoms with E-state index in [0.717, 1.165) is 0 Å². The summed E-state index contributed by atoms with van der Waals surface area (Å²) in [4.78, 5) is 8.95. The standard InChI is InChI=1S/C2H4O2/c1-4-2-3/h2H,1H3/i2+1. The Bertz CT molecular complexity index is 18.0. The molecule has 2 nitrogen and oxygen atoms in total. The molecule has 2 heteroatoms. The molecule has 0 saturated heterocycles. The Kier molecular flexibility index (Phi) is 2.14. The molecule has 0 aliphatic rings. The maximum Gasteiger partial charge on any atom is 0.292 e. The molecule has 0 radical (unpaired) electrons. The summed E-state index contributed by atoms with van der Waals surface area (Å²) in [5, 5.41) is 0. The highest BCUT2D eigenvalue weighted by atomic mass is 16.6. The van der Waals surface area contributed by atoms with Crippen molar-refractivity contribution in [1.82, 2.24) is 0 Å². The van der Waals surface area contributed by atoms with Gasteiger partial charge < -0.3 is 4.74 Å². The largest absolute Gasteiger partial charge is 0.471 e. The molecule has 0 amide bonds. The smallest absolute Gasteiger partial charge is 0.292 e. The average molecular weight is 61.0 g/mol. The van der Waals surface area contributed by atoms with Gasteiger partial charge >= 0.3 is 0 Å². The summed E-state index contributed by atoms with van der Waals surface area (Å²) in [7, 11) is 1.31. The van der Waals surface area contributed by atoms with Crippen LogP contribution in [0, 0.1) is 0 Å². The van der Waals surface area contributed by atoms with Gasteiger partial charge in [0.1, 0.15) is 0 Å². The SMILES string of the molecule is CO[13CH]=O. The Labute approximate surface area is 24.4 Å². The van der Waals surface area contributed by atoms with E-state index in [4.69, 9.17) is 4.79 Å². The molecule has 0 aliphatic heterocycles. The van der Waals surface area contributed by atoms with Crippen LogP contribution in [-0.4, -0.2) is 13.6 Å². The third-order valence-electron chi connectivity index (χ3n) is 0.0962. The lowest BCUT2D eigenvalue weighted by Gasteiger charge is -1.67. The maximum absolute atomic E-state index is 8.95. The highest BCUT2D eigenvalue weighted by Crippen LogP contribution is 1.35. The molecule has 0 bridgehead atoms. The number of ether oxygens (including phenoxy) is 1. The molecule has 0 atom stereocenters. The van der Waals surface area contributed by atoms with Crippen molar-refractivity contribution in [3.05, 3.63) is 0 Å². The first-order valence-electron chi connectivity index (χ1n) is 0.880. The van der Waals surface area contributed by atoms with Crippen LogP contribution in [0.5, 0.6) is 0 Å². The van der Waals surface area contributed by atoms with Gasteiger partial charge in [-0.1, -0.05) is 0 Å². The topological polar surface area (TPSA) is 26.3 Å². The van der Waals surface area contributed by atoms with E-state index >= 15 is 0 Å². The van der Waals surface area contributed by atoms with E-state index in [-0.39, 0.29) is 0 Å². The first-order chi connectivity index (χ1) is 1.91. The van der Waals surface area contributed by atoms with Crippen LogP contribution in [0.25, 0.3) is 0 Å². The predicted molar refractivity (Wildman–Crippen MR) is 13.1 cm³/mol. The second-order valence-corrected chi connectivity index (χ2v) is 0.332. The fourth-order valence-electron chi connectivity index (χ4n) is 0. The van der Waals surface area contributed by atoms with Crippen LogP contribution in [0.1, 0.15) is 0 Å². The first kappa shape index (κ1) is 3.47. The molecule has 0 aromatic carbocycles. The van der Waals surface area contributed by atoms with Crippen molar-refractivity contribution >= 4 is 6.47 Å². The maximum atomic E-state index is 8.95. The van der Waals surface area contributed by atoms with Gasteiger partial charge in [-0.15, -0.1) is 0 Å². The van der Waals surface area contributed by atoms with E-state index in [1.807, 2.05) is 0 Å². The van der Waals surface area contributed by atoms with Crippen LogP contribution in [0.2, 0.25) is 0 Å². The van der Waals surface area contributed by atoms with E-state index < -0.39 is 0 Å². The minimum Gasteiger partial charge on any atom is -0.471 e. The summed E-state index contributed by atoms with van der Waals surface area (Å²) < 4.78 is 3.86. The van der Waals surface area contributed by atoms with Crippen LogP contribution in [-0.2, 0) is 9.53 Å². The minimum atomic E-state index is 0.375. The lowest BCUT2D eigenvalue weighted by atomic mass is 11.7. The number of hydrogen-bond donors (Lipinski definition) is 0. The minimum absolute atomic E-state index is 0.375. The van der Waals surface area contributed by atoms with E-state index in [1.165, 1.54) is 7.11 Å². The molecule has 0 aliphatic carbocycles. The molecule has 0 rings (SSSR count). The van der Waals surface area contributed by atoms with Gasteiger partial charge in [-0.3, -0.25) is 4.79 Å². The third-order valence-corrected chi connectivity index (χ3v) is 0.0962. The normalized spacial score (nSPS) is 5.25. The van der Waals surface area contributed by atoms with Crippen LogP contribution in [0.4, 0.5) is 0 Å². The van der Waals surface area contributed by atoms with Crippen LogP contribution < -0.4 is 0 Å². The second kappa shape index (κ2) is 2.47. The van der Waals surface area contributed by atoms with Gasteiger partial charge in [-0.25, -0.2) is 0 Å². The van der Waals surface area contributed by atoms with Crippen LogP contribution >= 0.6 is 0 Å². The quantitative estimate of drug-likeness (QED) is 0.309. The van der Waals surface area contributed by atoms with Crippen molar-refractivity contribution in [2.24, 2.45) is 0 Å². The highest BCUT2D eigenvalue weighted by molar-refractivity contribution is 5.36. The van der Waals surface area contributed by atoms with Crippen molar-refractivity contribution in [2.75, 3.05) is 7.11 Å². The molecule has 0 heterocycles. The summed E-state index contributed by atoms with van der Waals surface area (Å²) >= 11 is 0. The third kappa shape index (κ3) is 1.47. The van der Waals surface area contributed by atoms with Gasteiger partial charge in [-0.05, 0) is 0 Å². The van der Waals surface area contributed by atoms with Crippen molar-refractivity contribution in [3.8, 4) is 0 Å². The Morgan fingerprint density at radius 3 is 2.25 bits per heavy atom. The molecule has 0 spiro atoms. The zero-order valence-electron chi connectivity index (χ0n) is 2.39. The van der Waals surface area contributed by atoms with E-state index in [2.05, 4.69) is 4.74 Å². The molecular formula is C2H4O2. The molecule has 4 heavy (non-hydrogen) atoms.